The summed E-state index contributed by atoms with van der Waals surface area (Å²) in [4.78, 5) is 13.6. The third kappa shape index (κ3) is 2.01. The fourth-order valence-electron chi connectivity index (χ4n) is 2.11. The third-order valence-corrected chi connectivity index (χ3v) is 2.88. The second kappa shape index (κ2) is 4.86. The highest BCUT2D eigenvalue weighted by atomic mass is 16.5. The zero-order chi connectivity index (χ0) is 13.3. The fourth-order valence-corrected chi connectivity index (χ4v) is 2.11. The van der Waals surface area contributed by atoms with Crippen molar-refractivity contribution < 1.29 is 19.4 Å². The maximum Gasteiger partial charge on any atom is 0.265 e. The number of hydrogen-bond acceptors (Lipinski definition) is 4. The van der Waals surface area contributed by atoms with Crippen molar-refractivity contribution in [2.45, 2.75) is 26.5 Å². The second-order valence-corrected chi connectivity index (χ2v) is 4.45. The van der Waals surface area contributed by atoms with E-state index in [2.05, 4.69) is 0 Å². The van der Waals surface area contributed by atoms with E-state index in [1.54, 1.807) is 17.0 Å². The monoisotopic (exact) mass is 251 g/mol. The number of nitrogens with zero attached hydrogens (tertiary/aromatic N) is 1. The molecule has 5 heteroatoms. The van der Waals surface area contributed by atoms with E-state index in [-0.39, 0.29) is 25.2 Å². The van der Waals surface area contributed by atoms with E-state index in [0.29, 0.717) is 22.7 Å². The Morgan fingerprint density at radius 1 is 1.50 bits per heavy atom. The minimum Gasteiger partial charge on any atom is -0.493 e. The summed E-state index contributed by atoms with van der Waals surface area (Å²) in [5.41, 5.74) is 1.35. The third-order valence-electron chi connectivity index (χ3n) is 2.88. The van der Waals surface area contributed by atoms with Crippen LogP contribution in [-0.2, 0) is 11.4 Å². The van der Waals surface area contributed by atoms with E-state index >= 15 is 0 Å². The molecule has 1 amide bonds. The average Bonchev–Trinajstić information content (AvgIpc) is 2.36. The number of benzene rings is 1. The Morgan fingerprint density at radius 2 is 2.22 bits per heavy atom. The lowest BCUT2D eigenvalue weighted by molar-refractivity contribution is -0.121. The van der Waals surface area contributed by atoms with Gasteiger partial charge in [0.1, 0.15) is 0 Å². The molecule has 98 valence electrons. The number of amides is 1. The maximum atomic E-state index is 11.9. The van der Waals surface area contributed by atoms with Gasteiger partial charge in [-0.3, -0.25) is 4.79 Å². The van der Waals surface area contributed by atoms with Crippen LogP contribution in [0.25, 0.3) is 0 Å². The number of methoxy groups -OCH3 is 1. The number of aliphatic hydroxyl groups is 1. The first-order valence-electron chi connectivity index (χ1n) is 5.85. The summed E-state index contributed by atoms with van der Waals surface area (Å²) in [5, 5.41) is 9.25. The van der Waals surface area contributed by atoms with Gasteiger partial charge in [-0.25, -0.2) is 0 Å². The Labute approximate surface area is 106 Å². The van der Waals surface area contributed by atoms with Crippen LogP contribution in [0.15, 0.2) is 12.1 Å². The molecule has 1 aromatic carbocycles. The quantitative estimate of drug-likeness (QED) is 0.880. The molecule has 0 fully saturated rings. The SMILES string of the molecule is COc1cc(CO)cc2c1OCC(=O)N2C(C)C. The van der Waals surface area contributed by atoms with Gasteiger partial charge in [0.05, 0.1) is 19.4 Å². The normalized spacial score (nSPS) is 14.5. The fraction of sp³-hybridized carbons (Fsp3) is 0.462. The molecule has 1 aromatic rings. The lowest BCUT2D eigenvalue weighted by Crippen LogP contribution is -2.43. The van der Waals surface area contributed by atoms with Gasteiger partial charge in [0.15, 0.2) is 18.1 Å². The summed E-state index contributed by atoms with van der Waals surface area (Å²) in [6.07, 6.45) is 0. The van der Waals surface area contributed by atoms with Crippen molar-refractivity contribution in [1.82, 2.24) is 0 Å². The molecule has 0 aromatic heterocycles. The number of aliphatic hydroxyl groups excluding tert-OH is 1. The van der Waals surface area contributed by atoms with E-state index in [1.165, 1.54) is 7.11 Å². The zero-order valence-electron chi connectivity index (χ0n) is 10.8. The molecule has 1 heterocycles. The Bertz CT molecular complexity index is 470. The molecule has 0 bridgehead atoms. The molecule has 2 rings (SSSR count). The molecular formula is C13H17NO4. The van der Waals surface area contributed by atoms with Crippen LogP contribution in [0.4, 0.5) is 5.69 Å². The first-order chi connectivity index (χ1) is 8.58. The number of fused-ring (bicyclic) bond motifs is 1. The van der Waals surface area contributed by atoms with Crippen LogP contribution in [0.2, 0.25) is 0 Å². The molecule has 0 saturated carbocycles. The van der Waals surface area contributed by atoms with Gasteiger partial charge in [-0.1, -0.05) is 0 Å². The first kappa shape index (κ1) is 12.7. The van der Waals surface area contributed by atoms with Crippen LogP contribution in [0.3, 0.4) is 0 Å². The molecule has 0 spiro atoms. The van der Waals surface area contributed by atoms with Crippen molar-refractivity contribution in [3.63, 3.8) is 0 Å². The summed E-state index contributed by atoms with van der Waals surface area (Å²) >= 11 is 0. The first-order valence-corrected chi connectivity index (χ1v) is 5.85. The minimum atomic E-state index is -0.107. The van der Waals surface area contributed by atoms with Crippen LogP contribution in [0.1, 0.15) is 19.4 Å². The largest absolute Gasteiger partial charge is 0.493 e. The Morgan fingerprint density at radius 3 is 2.78 bits per heavy atom. The predicted molar refractivity (Wildman–Crippen MR) is 67.0 cm³/mol. The molecule has 5 nitrogen and oxygen atoms in total. The number of carbonyl (C=O) groups excluding carboxylic acids is 1. The van der Waals surface area contributed by atoms with Crippen molar-refractivity contribution in [3.05, 3.63) is 17.7 Å². The lowest BCUT2D eigenvalue weighted by Gasteiger charge is -2.33. The highest BCUT2D eigenvalue weighted by Gasteiger charge is 2.30. The molecule has 0 atom stereocenters. The number of anilines is 1. The van der Waals surface area contributed by atoms with Gasteiger partial charge >= 0.3 is 0 Å². The van der Waals surface area contributed by atoms with Gasteiger partial charge in [0.2, 0.25) is 0 Å². The van der Waals surface area contributed by atoms with Crippen LogP contribution in [0.5, 0.6) is 11.5 Å². The number of ether oxygens (including phenoxy) is 2. The standard InChI is InChI=1S/C13H17NO4/c1-8(2)14-10-4-9(6-15)5-11(17-3)13(10)18-7-12(14)16/h4-5,8,15H,6-7H2,1-3H3. The molecular weight excluding hydrogens is 234 g/mol. The van der Waals surface area contributed by atoms with Crippen molar-refractivity contribution in [1.29, 1.82) is 0 Å². The zero-order valence-corrected chi connectivity index (χ0v) is 10.8. The van der Waals surface area contributed by atoms with Gasteiger partial charge in [-0.15, -0.1) is 0 Å². The van der Waals surface area contributed by atoms with E-state index in [0.717, 1.165) is 0 Å². The van der Waals surface area contributed by atoms with Crippen LogP contribution in [0, 0.1) is 0 Å². The summed E-state index contributed by atoms with van der Waals surface area (Å²) < 4.78 is 10.7. The van der Waals surface area contributed by atoms with Gasteiger partial charge < -0.3 is 19.5 Å². The number of rotatable bonds is 3. The number of hydrogen-bond donors (Lipinski definition) is 1. The topological polar surface area (TPSA) is 59.0 Å². The van der Waals surface area contributed by atoms with Gasteiger partial charge in [0.25, 0.3) is 5.91 Å². The van der Waals surface area contributed by atoms with E-state index in [4.69, 9.17) is 9.47 Å². The van der Waals surface area contributed by atoms with E-state index in [9.17, 15) is 9.90 Å². The predicted octanol–water partition coefficient (Wildman–Crippen LogP) is 1.32. The van der Waals surface area contributed by atoms with Crippen LogP contribution < -0.4 is 14.4 Å². The van der Waals surface area contributed by atoms with E-state index < -0.39 is 0 Å². The van der Waals surface area contributed by atoms with Crippen LogP contribution in [-0.4, -0.2) is 30.8 Å². The number of carbonyl (C=O) groups is 1. The average molecular weight is 251 g/mol. The summed E-state index contributed by atoms with van der Waals surface area (Å²) in [5.74, 6) is 1.01. The summed E-state index contributed by atoms with van der Waals surface area (Å²) in [6.45, 7) is 3.78. The molecule has 1 N–H and O–H groups in total. The molecule has 18 heavy (non-hydrogen) atoms. The molecule has 0 radical (unpaired) electrons. The maximum absolute atomic E-state index is 11.9. The van der Waals surface area contributed by atoms with Crippen molar-refractivity contribution >= 4 is 11.6 Å². The summed E-state index contributed by atoms with van der Waals surface area (Å²) in [7, 11) is 1.54. The van der Waals surface area contributed by atoms with Crippen molar-refractivity contribution in [2.75, 3.05) is 18.6 Å². The van der Waals surface area contributed by atoms with Gasteiger partial charge in [0, 0.05) is 6.04 Å². The molecule has 1 aliphatic rings. The molecule has 0 unspecified atom stereocenters. The van der Waals surface area contributed by atoms with Crippen molar-refractivity contribution in [2.24, 2.45) is 0 Å². The highest BCUT2D eigenvalue weighted by Crippen LogP contribution is 2.42. The van der Waals surface area contributed by atoms with Gasteiger partial charge in [-0.05, 0) is 31.5 Å². The van der Waals surface area contributed by atoms with E-state index in [1.807, 2.05) is 13.8 Å². The lowest BCUT2D eigenvalue weighted by atomic mass is 10.1. The van der Waals surface area contributed by atoms with Crippen molar-refractivity contribution in [3.8, 4) is 11.5 Å². The van der Waals surface area contributed by atoms with Gasteiger partial charge in [-0.2, -0.15) is 0 Å². The minimum absolute atomic E-state index is 0.0139. The summed E-state index contributed by atoms with van der Waals surface area (Å²) in [6, 6.07) is 3.50. The molecule has 1 aliphatic heterocycles. The molecule has 0 saturated heterocycles. The smallest absolute Gasteiger partial charge is 0.265 e. The second-order valence-electron chi connectivity index (χ2n) is 4.45. The highest BCUT2D eigenvalue weighted by molar-refractivity contribution is 5.99. The Hall–Kier alpha value is -1.75. The Balaban J connectivity index is 2.59. The van der Waals surface area contributed by atoms with Crippen LogP contribution >= 0.6 is 0 Å². The molecule has 0 aliphatic carbocycles. The Kier molecular flexibility index (Phi) is 3.43.